The molecular formula is C20H30FN3O6S. The molecule has 31 heavy (non-hydrogen) atoms. The minimum atomic E-state index is -3.95. The summed E-state index contributed by atoms with van der Waals surface area (Å²) in [6.07, 6.45) is 0.771. The van der Waals surface area contributed by atoms with Crippen LogP contribution < -0.4 is 10.0 Å². The summed E-state index contributed by atoms with van der Waals surface area (Å²) in [5.74, 6) is -0.926. The molecule has 0 aromatic heterocycles. The van der Waals surface area contributed by atoms with Crippen LogP contribution in [0.25, 0.3) is 0 Å². The molecule has 2 aliphatic rings. The Morgan fingerprint density at radius 2 is 1.97 bits per heavy atom. The first-order valence-corrected chi connectivity index (χ1v) is 12.0. The second kappa shape index (κ2) is 11.3. The third-order valence-electron chi connectivity index (χ3n) is 5.50. The molecule has 3 N–H and O–H groups in total. The molecule has 174 valence electrons. The predicted molar refractivity (Wildman–Crippen MR) is 110 cm³/mol. The summed E-state index contributed by atoms with van der Waals surface area (Å²) in [6, 6.07) is 4.89. The van der Waals surface area contributed by atoms with Crippen LogP contribution in [0, 0.1) is 5.82 Å². The average molecular weight is 460 g/mol. The number of nitrogens with zero attached hydrogens (tertiary/aromatic N) is 1. The van der Waals surface area contributed by atoms with E-state index in [9.17, 15) is 22.7 Å². The van der Waals surface area contributed by atoms with Crippen LogP contribution in [0.4, 0.5) is 4.39 Å². The van der Waals surface area contributed by atoms with Crippen LogP contribution in [0.5, 0.6) is 0 Å². The molecule has 2 saturated heterocycles. The normalized spacial score (nSPS) is 25.3. The molecule has 0 saturated carbocycles. The highest BCUT2D eigenvalue weighted by Crippen LogP contribution is 2.22. The van der Waals surface area contributed by atoms with Crippen molar-refractivity contribution in [1.29, 1.82) is 0 Å². The Bertz CT molecular complexity index is 834. The molecule has 1 amide bonds. The summed E-state index contributed by atoms with van der Waals surface area (Å²) < 4.78 is 51.8. The number of benzene rings is 1. The van der Waals surface area contributed by atoms with Crippen LogP contribution in [0.1, 0.15) is 19.3 Å². The molecule has 1 aromatic carbocycles. The van der Waals surface area contributed by atoms with E-state index in [1.54, 1.807) is 0 Å². The number of hydrogen-bond acceptors (Lipinski definition) is 7. The van der Waals surface area contributed by atoms with Crippen molar-refractivity contribution >= 4 is 15.9 Å². The van der Waals surface area contributed by atoms with E-state index < -0.39 is 26.8 Å². The Balaban J connectivity index is 1.43. The van der Waals surface area contributed by atoms with Gasteiger partial charge in [0.2, 0.25) is 15.9 Å². The van der Waals surface area contributed by atoms with Gasteiger partial charge in [0.1, 0.15) is 16.8 Å². The van der Waals surface area contributed by atoms with Gasteiger partial charge in [0.05, 0.1) is 38.5 Å². The van der Waals surface area contributed by atoms with Crippen molar-refractivity contribution in [3.8, 4) is 0 Å². The maximum atomic E-state index is 13.7. The number of carbonyl (C=O) groups is 1. The van der Waals surface area contributed by atoms with Crippen LogP contribution >= 0.6 is 0 Å². The highest BCUT2D eigenvalue weighted by molar-refractivity contribution is 7.89. The molecular weight excluding hydrogens is 429 g/mol. The number of carbonyl (C=O) groups excluding carboxylic acids is 1. The zero-order valence-corrected chi connectivity index (χ0v) is 18.2. The van der Waals surface area contributed by atoms with E-state index >= 15 is 0 Å². The number of ether oxygens (including phenoxy) is 2. The number of nitrogens with one attached hydrogen (secondary N) is 2. The topological polar surface area (TPSA) is 117 Å². The predicted octanol–water partition coefficient (Wildman–Crippen LogP) is -0.149. The summed E-state index contributed by atoms with van der Waals surface area (Å²) in [7, 11) is -3.95. The minimum absolute atomic E-state index is 0.0769. The molecule has 0 aliphatic carbocycles. The van der Waals surface area contributed by atoms with Crippen molar-refractivity contribution in [3.63, 3.8) is 0 Å². The highest BCUT2D eigenvalue weighted by atomic mass is 32.2. The molecule has 2 heterocycles. The molecule has 3 atom stereocenters. The van der Waals surface area contributed by atoms with E-state index in [0.29, 0.717) is 45.6 Å². The fourth-order valence-corrected chi connectivity index (χ4v) is 4.94. The molecule has 3 rings (SSSR count). The lowest BCUT2D eigenvalue weighted by Gasteiger charge is -2.36. The Morgan fingerprint density at radius 3 is 2.68 bits per heavy atom. The van der Waals surface area contributed by atoms with Crippen molar-refractivity contribution in [2.45, 2.75) is 42.4 Å². The largest absolute Gasteiger partial charge is 0.394 e. The van der Waals surface area contributed by atoms with Crippen molar-refractivity contribution in [3.05, 3.63) is 30.1 Å². The van der Waals surface area contributed by atoms with Crippen LogP contribution in [0.2, 0.25) is 0 Å². The third kappa shape index (κ3) is 6.93. The quantitative estimate of drug-likeness (QED) is 0.470. The lowest BCUT2D eigenvalue weighted by molar-refractivity contribution is -0.130. The number of sulfonamides is 1. The summed E-state index contributed by atoms with van der Waals surface area (Å²) in [6.45, 7) is 2.75. The minimum Gasteiger partial charge on any atom is -0.394 e. The van der Waals surface area contributed by atoms with E-state index in [-0.39, 0.29) is 37.7 Å². The van der Waals surface area contributed by atoms with Gasteiger partial charge >= 0.3 is 0 Å². The van der Waals surface area contributed by atoms with Crippen molar-refractivity contribution in [1.82, 2.24) is 14.9 Å². The second-order valence-electron chi connectivity index (χ2n) is 7.74. The molecule has 2 aliphatic heterocycles. The zero-order chi connectivity index (χ0) is 22.3. The first-order valence-electron chi connectivity index (χ1n) is 10.5. The van der Waals surface area contributed by atoms with E-state index in [2.05, 4.69) is 10.0 Å². The van der Waals surface area contributed by atoms with E-state index in [0.717, 1.165) is 6.07 Å². The molecule has 0 radical (unpaired) electrons. The summed E-state index contributed by atoms with van der Waals surface area (Å²) in [5.41, 5.74) is 0. The third-order valence-corrected chi connectivity index (χ3v) is 6.99. The Morgan fingerprint density at radius 1 is 1.23 bits per heavy atom. The maximum absolute atomic E-state index is 13.7. The SMILES string of the molecule is O=C(CN1CCOCC1)N[C@H]1CC[C@H](CCNS(=O)(=O)c2ccccc2F)O[C@@H]1CO. The van der Waals surface area contributed by atoms with Gasteiger partial charge in [-0.15, -0.1) is 0 Å². The Labute approximate surface area is 181 Å². The molecule has 0 spiro atoms. The average Bonchev–Trinajstić information content (AvgIpc) is 2.75. The fraction of sp³-hybridized carbons (Fsp3) is 0.650. The molecule has 9 nitrogen and oxygen atoms in total. The van der Waals surface area contributed by atoms with Gasteiger partial charge in [-0.1, -0.05) is 12.1 Å². The monoisotopic (exact) mass is 459 g/mol. The molecule has 2 fully saturated rings. The Hall–Kier alpha value is -1.63. The van der Waals surface area contributed by atoms with Gasteiger partial charge in [0.15, 0.2) is 0 Å². The van der Waals surface area contributed by atoms with Gasteiger partial charge < -0.3 is 19.9 Å². The van der Waals surface area contributed by atoms with Gasteiger partial charge in [0.25, 0.3) is 0 Å². The van der Waals surface area contributed by atoms with Gasteiger partial charge in [-0.05, 0) is 31.4 Å². The second-order valence-corrected chi connectivity index (χ2v) is 9.47. The van der Waals surface area contributed by atoms with Crippen LogP contribution in [0.3, 0.4) is 0 Å². The summed E-state index contributed by atoms with van der Waals surface area (Å²) in [5, 5.41) is 12.6. The molecule has 0 bridgehead atoms. The highest BCUT2D eigenvalue weighted by Gasteiger charge is 2.32. The number of amides is 1. The van der Waals surface area contributed by atoms with Gasteiger partial charge in [-0.25, -0.2) is 17.5 Å². The summed E-state index contributed by atoms with van der Waals surface area (Å²) in [4.78, 5) is 14.0. The van der Waals surface area contributed by atoms with E-state index in [1.165, 1.54) is 18.2 Å². The van der Waals surface area contributed by atoms with E-state index in [4.69, 9.17) is 9.47 Å². The maximum Gasteiger partial charge on any atom is 0.243 e. The van der Waals surface area contributed by atoms with Crippen molar-refractivity contribution in [2.24, 2.45) is 0 Å². The lowest BCUT2D eigenvalue weighted by atomic mass is 9.97. The molecule has 0 unspecified atom stereocenters. The van der Waals surface area contributed by atoms with Crippen molar-refractivity contribution < 1.29 is 32.2 Å². The number of hydrogen-bond donors (Lipinski definition) is 3. The van der Waals surface area contributed by atoms with Gasteiger partial charge in [-0.2, -0.15) is 0 Å². The number of aliphatic hydroxyl groups excluding tert-OH is 1. The van der Waals surface area contributed by atoms with Crippen LogP contribution in [-0.4, -0.2) is 88.6 Å². The standard InChI is InChI=1S/C20H30FN3O6S/c21-16-3-1-2-4-19(16)31(27,28)22-8-7-15-5-6-17(18(14-25)30-15)23-20(26)13-24-9-11-29-12-10-24/h1-4,15,17-18,22,25H,5-14H2,(H,23,26)/t15-,17+,18-/m1/s1. The fourth-order valence-electron chi connectivity index (χ4n) is 3.82. The van der Waals surface area contributed by atoms with Crippen LogP contribution in [-0.2, 0) is 24.3 Å². The first kappa shape index (κ1) is 24.0. The van der Waals surface area contributed by atoms with Gasteiger partial charge in [0, 0.05) is 19.6 Å². The van der Waals surface area contributed by atoms with Crippen LogP contribution in [0.15, 0.2) is 29.2 Å². The molecule has 1 aromatic rings. The number of morpholine rings is 1. The summed E-state index contributed by atoms with van der Waals surface area (Å²) >= 11 is 0. The first-order chi connectivity index (χ1) is 14.9. The van der Waals surface area contributed by atoms with E-state index in [1.807, 2.05) is 4.90 Å². The number of halogens is 1. The van der Waals surface area contributed by atoms with Gasteiger partial charge in [-0.3, -0.25) is 9.69 Å². The number of rotatable bonds is 9. The lowest BCUT2D eigenvalue weighted by Crippen LogP contribution is -2.53. The Kier molecular flexibility index (Phi) is 8.76. The van der Waals surface area contributed by atoms with Crippen molar-refractivity contribution in [2.75, 3.05) is 46.0 Å². The zero-order valence-electron chi connectivity index (χ0n) is 17.3. The smallest absolute Gasteiger partial charge is 0.243 e. The number of aliphatic hydroxyl groups is 1. The molecule has 11 heteroatoms.